The van der Waals surface area contributed by atoms with Crippen molar-refractivity contribution in [1.29, 1.82) is 0 Å². The van der Waals surface area contributed by atoms with Gasteiger partial charge in [-0.25, -0.2) is 0 Å². The molecule has 3 aliphatic rings. The summed E-state index contributed by atoms with van der Waals surface area (Å²) < 4.78 is 48.4. The van der Waals surface area contributed by atoms with Gasteiger partial charge in [0.15, 0.2) is 7.14 Å². The van der Waals surface area contributed by atoms with E-state index < -0.39 is 34.7 Å². The minimum absolute atomic E-state index is 0. The molecular weight excluding hydrogens is 509 g/mol. The van der Waals surface area contributed by atoms with Crippen LogP contribution in [0.2, 0.25) is 0 Å². The van der Waals surface area contributed by atoms with E-state index in [2.05, 4.69) is 11.0 Å². The summed E-state index contributed by atoms with van der Waals surface area (Å²) in [5, 5.41) is 1.08. The maximum atomic E-state index is 15.3. The first kappa shape index (κ1) is 22.5. The van der Waals surface area contributed by atoms with Crippen molar-refractivity contribution in [2.45, 2.75) is 28.6 Å². The Morgan fingerprint density at radius 3 is 2.13 bits per heavy atom. The molecule has 1 aliphatic carbocycles. The lowest BCUT2D eigenvalue weighted by Crippen LogP contribution is -2.43. The minimum atomic E-state index is -3.19. The molecule has 4 atom stereocenters. The van der Waals surface area contributed by atoms with Crippen LogP contribution in [0, 0.1) is 0 Å². The molecule has 0 spiro atoms. The van der Waals surface area contributed by atoms with Gasteiger partial charge in [-0.3, -0.25) is 4.21 Å². The van der Waals surface area contributed by atoms with E-state index in [1.807, 2.05) is 122 Å². The number of fused-ring (bicyclic) bond motifs is 4. The highest BCUT2D eigenvalue weighted by Gasteiger charge is 2.49. The number of allylic oxidation sites excluding steroid dienone is 2. The Hall–Kier alpha value is -3.50. The number of hydrogen-bond donors (Lipinski definition) is 0. The van der Waals surface area contributed by atoms with Gasteiger partial charge in [0.1, 0.15) is 0 Å². The summed E-state index contributed by atoms with van der Waals surface area (Å²) in [7, 11) is -4.52. The number of benzene rings is 4. The van der Waals surface area contributed by atoms with Gasteiger partial charge < -0.3 is 14.9 Å². The van der Waals surface area contributed by atoms with Crippen LogP contribution in [0.5, 0.6) is 0 Å². The van der Waals surface area contributed by atoms with Crippen molar-refractivity contribution in [3.8, 4) is 0 Å². The molecule has 38 heavy (non-hydrogen) atoms. The molecule has 0 saturated carbocycles. The lowest BCUT2D eigenvalue weighted by Gasteiger charge is -2.42. The smallest absolute Gasteiger partial charge is 0.152 e. The third-order valence-corrected chi connectivity index (χ3v) is 13.3. The molecule has 0 bridgehead atoms. The summed E-state index contributed by atoms with van der Waals surface area (Å²) in [5.41, 5.74) is 4.13. The molecule has 7 rings (SSSR count). The van der Waals surface area contributed by atoms with E-state index in [1.54, 1.807) is 0 Å². The molecule has 4 aromatic carbocycles. The first-order valence-electron chi connectivity index (χ1n) is 14.0. The highest BCUT2D eigenvalue weighted by atomic mass is 32.2. The molecule has 0 saturated heterocycles. The molecule has 4 nitrogen and oxygen atoms in total. The Morgan fingerprint density at radius 1 is 0.868 bits per heavy atom. The van der Waals surface area contributed by atoms with Crippen molar-refractivity contribution < 1.29 is 18.6 Å². The van der Waals surface area contributed by atoms with Crippen molar-refractivity contribution in [3.05, 3.63) is 138 Å². The van der Waals surface area contributed by atoms with Crippen molar-refractivity contribution in [2.75, 3.05) is 4.90 Å². The van der Waals surface area contributed by atoms with E-state index in [0.29, 0.717) is 10.2 Å². The van der Waals surface area contributed by atoms with Gasteiger partial charge in [-0.1, -0.05) is 91.9 Å². The fourth-order valence-corrected chi connectivity index (χ4v) is 12.0. The average Bonchev–Trinajstić information content (AvgIpc) is 3.01. The first-order chi connectivity index (χ1) is 19.4. The molecule has 0 radical (unpaired) electrons. The minimum Gasteiger partial charge on any atom is -0.412 e. The molecule has 6 heteroatoms. The van der Waals surface area contributed by atoms with Crippen LogP contribution in [0.25, 0.3) is 0 Å². The van der Waals surface area contributed by atoms with E-state index >= 15 is 4.57 Å². The average molecular weight is 543 g/mol. The lowest BCUT2D eigenvalue weighted by molar-refractivity contribution is 0.580. The van der Waals surface area contributed by atoms with Gasteiger partial charge in [0.25, 0.3) is 0 Å². The molecule has 0 aromatic heterocycles. The highest BCUT2D eigenvalue weighted by Crippen LogP contribution is 2.58. The zero-order valence-electron chi connectivity index (χ0n) is 23.8. The monoisotopic (exact) mass is 542 g/mol. The van der Waals surface area contributed by atoms with Crippen molar-refractivity contribution in [1.82, 2.24) is 0 Å². The summed E-state index contributed by atoms with van der Waals surface area (Å²) in [6.07, 6.45) is 6.08. The molecular formula is C32H30NO3PS. The Bertz CT molecular complexity index is 1690. The van der Waals surface area contributed by atoms with Crippen molar-refractivity contribution in [2.24, 2.45) is 0 Å². The maximum absolute atomic E-state index is 15.3. The van der Waals surface area contributed by atoms with Crippen LogP contribution >= 0.6 is 7.14 Å². The Labute approximate surface area is 230 Å². The van der Waals surface area contributed by atoms with E-state index in [1.165, 1.54) is 0 Å². The predicted octanol–water partition coefficient (Wildman–Crippen LogP) is 6.04. The van der Waals surface area contributed by atoms with Crippen LogP contribution in [-0.4, -0.2) is 20.6 Å². The Morgan fingerprint density at radius 2 is 1.45 bits per heavy atom. The second-order valence-corrected chi connectivity index (χ2v) is 14.1. The largest absolute Gasteiger partial charge is 0.412 e. The standard InChI is InChI=1S/C32H26NO2PS.H2O.H2/c1-22-25-13-5-7-15-27(25)33(28-16-8-6-14-26(22)28)23-19-20-32-30(21-23)36(34,24-11-3-2-4-12-24)29-17-9-10-18-31(29)37(32)35;;/h2-22,30,32H,1H3;1H2;1H/i22D;;1+1D. The second-order valence-electron chi connectivity index (χ2n) is 9.66. The topological polar surface area (TPSA) is 68.9 Å². The van der Waals surface area contributed by atoms with Crippen LogP contribution in [0.15, 0.2) is 132 Å². The van der Waals surface area contributed by atoms with Gasteiger partial charge in [-0.2, -0.15) is 0 Å². The highest BCUT2D eigenvalue weighted by molar-refractivity contribution is 7.91. The van der Waals surface area contributed by atoms with Crippen LogP contribution in [0.3, 0.4) is 0 Å². The third kappa shape index (κ3) is 3.46. The van der Waals surface area contributed by atoms with Gasteiger partial charge >= 0.3 is 0 Å². The van der Waals surface area contributed by atoms with Gasteiger partial charge in [-0.05, 0) is 47.5 Å². The SMILES string of the molecule is O.[2H]C1(C)c2ccccc2N(C2=CC3C(C=C2)S(=O)c2ccccc2P3(=O)c2ccccc2)c2ccccc21.[2H][2H]. The second kappa shape index (κ2) is 9.36. The van der Waals surface area contributed by atoms with E-state index in [-0.39, 0.29) is 5.48 Å². The zero-order chi connectivity index (χ0) is 28.1. The summed E-state index contributed by atoms with van der Waals surface area (Å²) in [6, 6.07) is 33.2. The first-order valence-corrected chi connectivity index (χ1v) is 15.5. The number of rotatable bonds is 2. The quantitative estimate of drug-likeness (QED) is 0.290. The molecule has 4 aromatic rings. The Kier molecular flexibility index (Phi) is 5.53. The number of para-hydroxylation sites is 2. The van der Waals surface area contributed by atoms with Crippen LogP contribution in [0.4, 0.5) is 11.4 Å². The molecule has 2 N–H and O–H groups in total. The predicted molar refractivity (Wildman–Crippen MR) is 159 cm³/mol. The van der Waals surface area contributed by atoms with Crippen LogP contribution < -0.4 is 15.5 Å². The summed E-state index contributed by atoms with van der Waals surface area (Å²) in [4.78, 5) is 2.84. The Balaban J connectivity index is 0.00000110. The molecule has 2 aliphatic heterocycles. The fourth-order valence-electron chi connectivity index (χ4n) is 5.99. The van der Waals surface area contributed by atoms with Crippen molar-refractivity contribution >= 4 is 39.9 Å². The maximum Gasteiger partial charge on any atom is 0.152 e. The van der Waals surface area contributed by atoms with E-state index in [9.17, 15) is 5.58 Å². The molecule has 0 fully saturated rings. The zero-order valence-corrected chi connectivity index (χ0v) is 22.5. The molecule has 0 amide bonds. The summed E-state index contributed by atoms with van der Waals surface area (Å²) >= 11 is 0. The number of nitrogens with zero attached hydrogens (tertiary/aromatic N) is 1. The van der Waals surface area contributed by atoms with Gasteiger partial charge in [0, 0.05) is 37.9 Å². The van der Waals surface area contributed by atoms with Gasteiger partial charge in [-0.15, -0.1) is 0 Å². The van der Waals surface area contributed by atoms with E-state index in [4.69, 9.17) is 2.97 Å². The van der Waals surface area contributed by atoms with Gasteiger partial charge in [0.05, 0.1) is 26.6 Å². The van der Waals surface area contributed by atoms with Crippen molar-refractivity contribution in [3.63, 3.8) is 0 Å². The molecule has 192 valence electrons. The normalized spacial score (nSPS) is 26.7. The van der Waals surface area contributed by atoms with Crippen LogP contribution in [0.1, 0.15) is 28.3 Å². The lowest BCUT2D eigenvalue weighted by atomic mass is 9.85. The van der Waals surface area contributed by atoms with Gasteiger partial charge in [0.2, 0.25) is 0 Å². The summed E-state index contributed by atoms with van der Waals surface area (Å²) in [5.74, 6) is -0.907. The molecule has 4 unspecified atom stereocenters. The summed E-state index contributed by atoms with van der Waals surface area (Å²) in [6.45, 7) is 1.94. The molecule has 2 heterocycles. The third-order valence-electron chi connectivity index (χ3n) is 7.74. The number of hydrogen-bond acceptors (Lipinski definition) is 3. The van der Waals surface area contributed by atoms with E-state index in [0.717, 1.165) is 33.5 Å². The fraction of sp³-hybridized carbons (Fsp3) is 0.125. The van der Waals surface area contributed by atoms with Crippen LogP contribution in [-0.2, 0) is 15.4 Å². The number of anilines is 2.